The highest BCUT2D eigenvalue weighted by atomic mass is 35.5. The van der Waals surface area contributed by atoms with Crippen molar-refractivity contribution in [1.82, 2.24) is 10.1 Å². The molecule has 1 amide bonds. The van der Waals surface area contributed by atoms with Gasteiger partial charge in [0.2, 0.25) is 0 Å². The van der Waals surface area contributed by atoms with E-state index in [0.717, 1.165) is 18.4 Å². The summed E-state index contributed by atoms with van der Waals surface area (Å²) in [7, 11) is 0. The molecule has 3 aromatic rings. The van der Waals surface area contributed by atoms with Gasteiger partial charge in [-0.25, -0.2) is 4.39 Å². The van der Waals surface area contributed by atoms with Crippen molar-refractivity contribution in [3.8, 4) is 11.3 Å². The molecule has 0 N–H and O–H groups in total. The van der Waals surface area contributed by atoms with Crippen molar-refractivity contribution in [1.29, 1.82) is 0 Å². The number of hydrogen-bond donors (Lipinski definition) is 0. The largest absolute Gasteiger partial charge is 0.360 e. The molecule has 1 aliphatic heterocycles. The van der Waals surface area contributed by atoms with Gasteiger partial charge in [-0.2, -0.15) is 0 Å². The lowest BCUT2D eigenvalue weighted by Gasteiger charge is -2.25. The predicted octanol–water partition coefficient (Wildman–Crippen LogP) is 6.07. The molecule has 144 valence electrons. The SMILES string of the molecule is Cc1onc(-c2c(Cl)cccc2Cl)c1C(=O)N1CCC[C@H]1c1ccc(F)cc1. The Hall–Kier alpha value is -2.37. The number of carbonyl (C=O) groups excluding carboxylic acids is 1. The molecular formula is C21H17Cl2FN2O2. The van der Waals surface area contributed by atoms with Crippen molar-refractivity contribution < 1.29 is 13.7 Å². The van der Waals surface area contributed by atoms with E-state index < -0.39 is 0 Å². The number of amides is 1. The average molecular weight is 419 g/mol. The molecule has 0 radical (unpaired) electrons. The van der Waals surface area contributed by atoms with E-state index in [1.54, 1.807) is 42.2 Å². The fraction of sp³-hybridized carbons (Fsp3) is 0.238. The summed E-state index contributed by atoms with van der Waals surface area (Å²) < 4.78 is 18.6. The van der Waals surface area contributed by atoms with Gasteiger partial charge in [0, 0.05) is 12.1 Å². The zero-order valence-electron chi connectivity index (χ0n) is 15.1. The van der Waals surface area contributed by atoms with Crippen LogP contribution in [0.15, 0.2) is 47.0 Å². The molecule has 1 atom stereocenters. The zero-order chi connectivity index (χ0) is 19.8. The fourth-order valence-corrected chi connectivity index (χ4v) is 4.28. The first kappa shape index (κ1) is 19.0. The summed E-state index contributed by atoms with van der Waals surface area (Å²) in [5.41, 5.74) is 2.06. The maximum atomic E-state index is 13.5. The summed E-state index contributed by atoms with van der Waals surface area (Å²) in [6, 6.07) is 11.3. The Kier molecular flexibility index (Phi) is 5.13. The van der Waals surface area contributed by atoms with Crippen molar-refractivity contribution >= 4 is 29.1 Å². The number of rotatable bonds is 3. The molecule has 0 aliphatic carbocycles. The van der Waals surface area contributed by atoms with E-state index in [1.807, 2.05) is 0 Å². The van der Waals surface area contributed by atoms with Gasteiger partial charge in [-0.15, -0.1) is 0 Å². The number of benzene rings is 2. The van der Waals surface area contributed by atoms with Crippen LogP contribution in [0.1, 0.15) is 40.6 Å². The first-order chi connectivity index (χ1) is 13.5. The quantitative estimate of drug-likeness (QED) is 0.518. The second-order valence-corrected chi connectivity index (χ2v) is 7.58. The summed E-state index contributed by atoms with van der Waals surface area (Å²) in [4.78, 5) is 15.2. The van der Waals surface area contributed by atoms with Crippen molar-refractivity contribution in [3.05, 3.63) is 75.2 Å². The smallest absolute Gasteiger partial charge is 0.260 e. The molecule has 0 spiro atoms. The number of halogens is 3. The van der Waals surface area contributed by atoms with E-state index in [-0.39, 0.29) is 17.8 Å². The summed E-state index contributed by atoms with van der Waals surface area (Å²) in [6.45, 7) is 2.29. The Bertz CT molecular complexity index is 1010. The third kappa shape index (κ3) is 3.29. The second-order valence-electron chi connectivity index (χ2n) is 6.77. The lowest BCUT2D eigenvalue weighted by molar-refractivity contribution is 0.0734. The molecule has 0 unspecified atom stereocenters. The van der Waals surface area contributed by atoms with Crippen LogP contribution in [0.3, 0.4) is 0 Å². The molecule has 4 nitrogen and oxygen atoms in total. The maximum Gasteiger partial charge on any atom is 0.260 e. The third-order valence-electron chi connectivity index (χ3n) is 5.04. The van der Waals surface area contributed by atoms with Gasteiger partial charge in [0.25, 0.3) is 5.91 Å². The minimum atomic E-state index is -0.301. The van der Waals surface area contributed by atoms with Gasteiger partial charge in [0.05, 0.1) is 16.1 Å². The lowest BCUT2D eigenvalue weighted by Crippen LogP contribution is -2.31. The van der Waals surface area contributed by atoms with E-state index in [1.165, 1.54) is 12.1 Å². The number of hydrogen-bond acceptors (Lipinski definition) is 3. The van der Waals surface area contributed by atoms with Crippen LogP contribution in [-0.2, 0) is 0 Å². The van der Waals surface area contributed by atoms with Crippen LogP contribution < -0.4 is 0 Å². The second kappa shape index (κ2) is 7.57. The summed E-state index contributed by atoms with van der Waals surface area (Å²) in [5.74, 6) is -0.0949. The van der Waals surface area contributed by atoms with E-state index in [0.29, 0.717) is 39.2 Å². The van der Waals surface area contributed by atoms with Crippen molar-refractivity contribution in [2.45, 2.75) is 25.8 Å². The molecule has 2 aromatic carbocycles. The summed E-state index contributed by atoms with van der Waals surface area (Å²) in [6.07, 6.45) is 1.67. The number of aromatic nitrogens is 1. The minimum Gasteiger partial charge on any atom is -0.360 e. The summed E-state index contributed by atoms with van der Waals surface area (Å²) >= 11 is 12.6. The van der Waals surface area contributed by atoms with Crippen LogP contribution in [0.25, 0.3) is 11.3 Å². The summed E-state index contributed by atoms with van der Waals surface area (Å²) in [5, 5.41) is 4.86. The normalized spacial score (nSPS) is 16.6. The molecule has 1 aromatic heterocycles. The van der Waals surface area contributed by atoms with Crippen molar-refractivity contribution in [3.63, 3.8) is 0 Å². The lowest BCUT2D eigenvalue weighted by atomic mass is 10.0. The monoisotopic (exact) mass is 418 g/mol. The van der Waals surface area contributed by atoms with Gasteiger partial charge in [0.1, 0.15) is 22.8 Å². The average Bonchev–Trinajstić information content (AvgIpc) is 3.29. The van der Waals surface area contributed by atoms with Crippen LogP contribution in [0.4, 0.5) is 4.39 Å². The number of nitrogens with zero attached hydrogens (tertiary/aromatic N) is 2. The highest BCUT2D eigenvalue weighted by molar-refractivity contribution is 6.39. The maximum absolute atomic E-state index is 13.5. The molecule has 1 saturated heterocycles. The highest BCUT2D eigenvalue weighted by Crippen LogP contribution is 2.39. The van der Waals surface area contributed by atoms with Gasteiger partial charge in [0.15, 0.2) is 0 Å². The van der Waals surface area contributed by atoms with E-state index in [4.69, 9.17) is 27.7 Å². The molecule has 28 heavy (non-hydrogen) atoms. The molecular weight excluding hydrogens is 402 g/mol. The van der Waals surface area contributed by atoms with E-state index >= 15 is 0 Å². The zero-order valence-corrected chi connectivity index (χ0v) is 16.6. The van der Waals surface area contributed by atoms with Gasteiger partial charge < -0.3 is 9.42 Å². The molecule has 7 heteroatoms. The first-order valence-electron chi connectivity index (χ1n) is 8.94. The molecule has 4 rings (SSSR count). The third-order valence-corrected chi connectivity index (χ3v) is 5.67. The number of aryl methyl sites for hydroxylation is 1. The topological polar surface area (TPSA) is 46.3 Å². The van der Waals surface area contributed by atoms with Gasteiger partial charge in [-0.1, -0.05) is 46.6 Å². The molecule has 0 bridgehead atoms. The Morgan fingerprint density at radius 2 is 1.86 bits per heavy atom. The molecule has 1 fully saturated rings. The highest BCUT2D eigenvalue weighted by Gasteiger charge is 2.35. The Labute approximate surface area is 171 Å². The Balaban J connectivity index is 1.74. The number of carbonyl (C=O) groups is 1. The number of likely N-dealkylation sites (tertiary alicyclic amines) is 1. The Morgan fingerprint density at radius 1 is 1.18 bits per heavy atom. The van der Waals surface area contributed by atoms with Crippen LogP contribution >= 0.6 is 23.2 Å². The fourth-order valence-electron chi connectivity index (χ4n) is 3.70. The molecule has 0 saturated carbocycles. The van der Waals surface area contributed by atoms with Crippen LogP contribution in [0.5, 0.6) is 0 Å². The van der Waals surface area contributed by atoms with Crippen LogP contribution in [-0.4, -0.2) is 22.5 Å². The van der Waals surface area contributed by atoms with Crippen LogP contribution in [0, 0.1) is 12.7 Å². The van der Waals surface area contributed by atoms with Crippen LogP contribution in [0.2, 0.25) is 10.0 Å². The van der Waals surface area contributed by atoms with Crippen molar-refractivity contribution in [2.24, 2.45) is 0 Å². The minimum absolute atomic E-state index is 0.128. The van der Waals surface area contributed by atoms with Gasteiger partial charge in [-0.05, 0) is 49.6 Å². The van der Waals surface area contributed by atoms with Gasteiger partial charge >= 0.3 is 0 Å². The standard InChI is InChI=1S/C21H17Cl2FN2O2/c1-12-18(20(25-28-12)19-15(22)4-2-5-16(19)23)21(27)26-11-3-6-17(26)13-7-9-14(24)10-8-13/h2,4-5,7-10,17H,3,6,11H2,1H3/t17-/m0/s1. The Morgan fingerprint density at radius 3 is 2.54 bits per heavy atom. The molecule has 2 heterocycles. The van der Waals surface area contributed by atoms with Gasteiger partial charge in [-0.3, -0.25) is 4.79 Å². The predicted molar refractivity (Wildman–Crippen MR) is 106 cm³/mol. The first-order valence-corrected chi connectivity index (χ1v) is 9.70. The van der Waals surface area contributed by atoms with E-state index in [9.17, 15) is 9.18 Å². The molecule has 1 aliphatic rings. The van der Waals surface area contributed by atoms with Crippen molar-refractivity contribution in [2.75, 3.05) is 6.54 Å². The van der Waals surface area contributed by atoms with E-state index in [2.05, 4.69) is 5.16 Å².